The molecule has 0 radical (unpaired) electrons. The number of aromatic nitrogens is 2. The zero-order valence-electron chi connectivity index (χ0n) is 7.21. The third-order valence-corrected chi connectivity index (χ3v) is 2.10. The van der Waals surface area contributed by atoms with Crippen LogP contribution in [-0.4, -0.2) is 16.1 Å². The summed E-state index contributed by atoms with van der Waals surface area (Å²) in [5.74, 6) is 1.10. The largest absolute Gasteiger partial charge is 0.394 e. The highest BCUT2D eigenvalue weighted by Gasteiger charge is 2.24. The number of nitrogen functional groups attached to an aromatic ring is 1. The number of hydrogen-bond donors (Lipinski definition) is 3. The first-order valence-electron chi connectivity index (χ1n) is 4.34. The molecule has 13 heavy (non-hydrogen) atoms. The summed E-state index contributed by atoms with van der Waals surface area (Å²) in [6.45, 7) is 0. The Balaban J connectivity index is 1.89. The van der Waals surface area contributed by atoms with Crippen molar-refractivity contribution in [2.24, 2.45) is 5.92 Å². The van der Waals surface area contributed by atoms with E-state index in [1.54, 1.807) is 0 Å². The maximum absolute atomic E-state index is 11.3. The van der Waals surface area contributed by atoms with Gasteiger partial charge in [0.15, 0.2) is 5.82 Å². The highest BCUT2D eigenvalue weighted by molar-refractivity contribution is 5.92. The number of anilines is 2. The lowest BCUT2D eigenvalue weighted by Gasteiger charge is -2.01. The van der Waals surface area contributed by atoms with E-state index in [-0.39, 0.29) is 5.91 Å². The number of nitrogens with two attached hydrogens (primary N) is 1. The molecule has 2 rings (SSSR count). The minimum Gasteiger partial charge on any atom is -0.394 e. The summed E-state index contributed by atoms with van der Waals surface area (Å²) in [5, 5.41) is 9.01. The molecular formula is C8H12N4O. The maximum atomic E-state index is 11.3. The van der Waals surface area contributed by atoms with Crippen molar-refractivity contribution < 1.29 is 4.79 Å². The lowest BCUT2D eigenvalue weighted by Crippen LogP contribution is -2.13. The molecule has 1 aromatic heterocycles. The minimum absolute atomic E-state index is 0.0125. The number of carbonyl (C=O) groups is 1. The first-order chi connectivity index (χ1) is 6.25. The van der Waals surface area contributed by atoms with Gasteiger partial charge in [-0.3, -0.25) is 9.89 Å². The van der Waals surface area contributed by atoms with Gasteiger partial charge in [0.2, 0.25) is 5.91 Å². The van der Waals surface area contributed by atoms with Gasteiger partial charge in [-0.05, 0) is 18.8 Å². The molecule has 1 fully saturated rings. The standard InChI is InChI=1S/C8H12N4O/c9-6-4-10-12-8(6)11-7(13)3-5-1-2-5/h4-5H,1-3,9H2,(H2,10,11,12,13). The van der Waals surface area contributed by atoms with Crippen molar-refractivity contribution in [1.82, 2.24) is 10.2 Å². The predicted octanol–water partition coefficient (Wildman–Crippen LogP) is 0.730. The van der Waals surface area contributed by atoms with Crippen LogP contribution in [0.15, 0.2) is 6.20 Å². The summed E-state index contributed by atoms with van der Waals surface area (Å²) in [6.07, 6.45) is 4.42. The molecule has 4 N–H and O–H groups in total. The van der Waals surface area contributed by atoms with Crippen molar-refractivity contribution in [1.29, 1.82) is 0 Å². The van der Waals surface area contributed by atoms with Gasteiger partial charge in [-0.25, -0.2) is 0 Å². The number of nitrogens with one attached hydrogen (secondary N) is 2. The fourth-order valence-corrected chi connectivity index (χ4v) is 1.17. The number of carbonyl (C=O) groups excluding carboxylic acids is 1. The van der Waals surface area contributed by atoms with E-state index in [2.05, 4.69) is 15.5 Å². The normalized spacial score (nSPS) is 15.7. The highest BCUT2D eigenvalue weighted by atomic mass is 16.1. The predicted molar refractivity (Wildman–Crippen MR) is 49.0 cm³/mol. The summed E-state index contributed by atoms with van der Waals surface area (Å²) >= 11 is 0. The topological polar surface area (TPSA) is 83.8 Å². The van der Waals surface area contributed by atoms with Crippen molar-refractivity contribution in [3.63, 3.8) is 0 Å². The smallest absolute Gasteiger partial charge is 0.225 e. The van der Waals surface area contributed by atoms with E-state index in [0.29, 0.717) is 23.8 Å². The zero-order valence-corrected chi connectivity index (χ0v) is 7.21. The Morgan fingerprint density at radius 2 is 2.54 bits per heavy atom. The molecule has 1 amide bonds. The van der Waals surface area contributed by atoms with Gasteiger partial charge in [0.05, 0.1) is 11.9 Å². The molecule has 1 aromatic rings. The minimum atomic E-state index is 0.0125. The Morgan fingerprint density at radius 3 is 3.08 bits per heavy atom. The van der Waals surface area contributed by atoms with Gasteiger partial charge in [0, 0.05) is 6.42 Å². The molecule has 1 saturated carbocycles. The van der Waals surface area contributed by atoms with E-state index < -0.39 is 0 Å². The molecule has 0 unspecified atom stereocenters. The molecule has 1 aliphatic rings. The summed E-state index contributed by atoms with van der Waals surface area (Å²) < 4.78 is 0. The van der Waals surface area contributed by atoms with Crippen LogP contribution in [0.1, 0.15) is 19.3 Å². The van der Waals surface area contributed by atoms with Crippen LogP contribution in [0.5, 0.6) is 0 Å². The van der Waals surface area contributed by atoms with Crippen LogP contribution in [-0.2, 0) is 4.79 Å². The van der Waals surface area contributed by atoms with Crippen molar-refractivity contribution in [2.75, 3.05) is 11.1 Å². The Morgan fingerprint density at radius 1 is 1.77 bits per heavy atom. The number of amides is 1. The SMILES string of the molecule is Nc1cn[nH]c1NC(=O)CC1CC1. The van der Waals surface area contributed by atoms with Gasteiger partial charge in [-0.1, -0.05) is 0 Å². The van der Waals surface area contributed by atoms with E-state index in [0.717, 1.165) is 0 Å². The second-order valence-corrected chi connectivity index (χ2v) is 3.40. The van der Waals surface area contributed by atoms with E-state index in [1.807, 2.05) is 0 Å². The monoisotopic (exact) mass is 180 g/mol. The van der Waals surface area contributed by atoms with E-state index >= 15 is 0 Å². The Labute approximate surface area is 75.7 Å². The van der Waals surface area contributed by atoms with Crippen molar-refractivity contribution >= 4 is 17.4 Å². The molecule has 0 spiro atoms. The van der Waals surface area contributed by atoms with Crippen LogP contribution < -0.4 is 11.1 Å². The lowest BCUT2D eigenvalue weighted by atomic mass is 10.3. The molecule has 70 valence electrons. The van der Waals surface area contributed by atoms with Crippen LogP contribution in [0.3, 0.4) is 0 Å². The first-order valence-corrected chi connectivity index (χ1v) is 4.34. The van der Waals surface area contributed by atoms with Crippen molar-refractivity contribution in [3.8, 4) is 0 Å². The van der Waals surface area contributed by atoms with Gasteiger partial charge in [-0.2, -0.15) is 5.10 Å². The van der Waals surface area contributed by atoms with Crippen LogP contribution in [0.4, 0.5) is 11.5 Å². The molecule has 0 bridgehead atoms. The van der Waals surface area contributed by atoms with Crippen molar-refractivity contribution in [3.05, 3.63) is 6.20 Å². The third-order valence-electron chi connectivity index (χ3n) is 2.10. The van der Waals surface area contributed by atoms with Gasteiger partial charge in [-0.15, -0.1) is 0 Å². The summed E-state index contributed by atoms with van der Waals surface area (Å²) in [4.78, 5) is 11.3. The quantitative estimate of drug-likeness (QED) is 0.641. The Hall–Kier alpha value is -1.52. The van der Waals surface area contributed by atoms with Gasteiger partial charge in [0.1, 0.15) is 0 Å². The lowest BCUT2D eigenvalue weighted by molar-refractivity contribution is -0.116. The average Bonchev–Trinajstić information content (AvgIpc) is 2.79. The van der Waals surface area contributed by atoms with Gasteiger partial charge >= 0.3 is 0 Å². The van der Waals surface area contributed by atoms with E-state index in [9.17, 15) is 4.79 Å². The fraction of sp³-hybridized carbons (Fsp3) is 0.500. The van der Waals surface area contributed by atoms with Crippen LogP contribution in [0.2, 0.25) is 0 Å². The Kier molecular flexibility index (Phi) is 1.92. The number of nitrogens with zero attached hydrogens (tertiary/aromatic N) is 1. The molecule has 0 aliphatic heterocycles. The Bertz CT molecular complexity index is 316. The van der Waals surface area contributed by atoms with Crippen molar-refractivity contribution in [2.45, 2.75) is 19.3 Å². The summed E-state index contributed by atoms with van der Waals surface area (Å²) in [7, 11) is 0. The maximum Gasteiger partial charge on any atom is 0.225 e. The molecule has 0 aromatic carbocycles. The van der Waals surface area contributed by atoms with Crippen LogP contribution in [0.25, 0.3) is 0 Å². The second kappa shape index (κ2) is 3.08. The second-order valence-electron chi connectivity index (χ2n) is 3.40. The van der Waals surface area contributed by atoms with Gasteiger partial charge in [0.25, 0.3) is 0 Å². The highest BCUT2D eigenvalue weighted by Crippen LogP contribution is 2.32. The molecule has 0 atom stereocenters. The van der Waals surface area contributed by atoms with Crippen LogP contribution >= 0.6 is 0 Å². The fourth-order valence-electron chi connectivity index (χ4n) is 1.17. The summed E-state index contributed by atoms with van der Waals surface area (Å²) in [5.41, 5.74) is 6.00. The van der Waals surface area contributed by atoms with Gasteiger partial charge < -0.3 is 11.1 Å². The molecule has 0 saturated heterocycles. The molecule has 5 heteroatoms. The number of H-pyrrole nitrogens is 1. The zero-order chi connectivity index (χ0) is 9.26. The van der Waals surface area contributed by atoms with Crippen LogP contribution in [0, 0.1) is 5.92 Å². The average molecular weight is 180 g/mol. The number of rotatable bonds is 3. The van der Waals surface area contributed by atoms with E-state index in [1.165, 1.54) is 19.0 Å². The molecule has 1 heterocycles. The summed E-state index contributed by atoms with van der Waals surface area (Å²) in [6, 6.07) is 0. The number of aromatic amines is 1. The third kappa shape index (κ3) is 1.99. The van der Waals surface area contributed by atoms with E-state index in [4.69, 9.17) is 5.73 Å². The number of hydrogen-bond acceptors (Lipinski definition) is 3. The first kappa shape index (κ1) is 8.10. The molecule has 5 nitrogen and oxygen atoms in total. The molecule has 1 aliphatic carbocycles. The molecular weight excluding hydrogens is 168 g/mol.